The van der Waals surface area contributed by atoms with Crippen LogP contribution in [0.3, 0.4) is 0 Å². The number of nitrogens with zero attached hydrogens (tertiary/aromatic N) is 1. The second-order valence-corrected chi connectivity index (χ2v) is 6.27. The van der Waals surface area contributed by atoms with E-state index in [2.05, 4.69) is 55.6 Å². The Hall–Kier alpha value is -2.13. The normalized spacial score (nSPS) is 10.8. The molecule has 0 radical (unpaired) electrons. The van der Waals surface area contributed by atoms with Gasteiger partial charge in [-0.2, -0.15) is 0 Å². The van der Waals surface area contributed by atoms with Gasteiger partial charge in [-0.25, -0.2) is 4.98 Å². The fraction of sp³-hybridized carbons (Fsp3) is 0.167. The number of para-hydroxylation sites is 1. The minimum absolute atomic E-state index is 0.462. The van der Waals surface area contributed by atoms with Crippen molar-refractivity contribution in [3.63, 3.8) is 0 Å². The van der Waals surface area contributed by atoms with Gasteiger partial charge in [0.15, 0.2) is 5.13 Å². The summed E-state index contributed by atoms with van der Waals surface area (Å²) in [5, 5.41) is 4.34. The molecule has 0 bridgehead atoms. The number of thiazole rings is 1. The average Bonchev–Trinajstić information content (AvgIpc) is 2.93. The summed E-state index contributed by atoms with van der Waals surface area (Å²) in [7, 11) is 0. The summed E-state index contributed by atoms with van der Waals surface area (Å²) in [6, 6.07) is 20.6. The molecular weight excluding hydrogens is 276 g/mol. The topological polar surface area (TPSA) is 24.9 Å². The molecule has 0 aliphatic rings. The van der Waals surface area contributed by atoms with Crippen LogP contribution in [0.25, 0.3) is 11.3 Å². The van der Waals surface area contributed by atoms with Crippen molar-refractivity contribution < 1.29 is 0 Å². The standard InChI is InChI=1S/C18H18N2S/c1-13(2)17-16(14-9-5-3-6-10-14)20-18(21-17)19-15-11-7-4-8-12-15/h3-13H,1-2H3,(H,19,20). The van der Waals surface area contributed by atoms with Gasteiger partial charge in [0.05, 0.1) is 5.69 Å². The van der Waals surface area contributed by atoms with Crippen LogP contribution in [0.15, 0.2) is 60.7 Å². The molecule has 1 N–H and O–H groups in total. The SMILES string of the molecule is CC(C)c1sc(Nc2ccccc2)nc1-c1ccccc1. The number of benzene rings is 2. The van der Waals surface area contributed by atoms with Crippen molar-refractivity contribution in [2.75, 3.05) is 5.32 Å². The molecule has 1 heterocycles. The summed E-state index contributed by atoms with van der Waals surface area (Å²) < 4.78 is 0. The quantitative estimate of drug-likeness (QED) is 0.670. The smallest absolute Gasteiger partial charge is 0.187 e. The summed E-state index contributed by atoms with van der Waals surface area (Å²) in [4.78, 5) is 6.12. The van der Waals surface area contributed by atoms with Gasteiger partial charge in [-0.1, -0.05) is 62.4 Å². The van der Waals surface area contributed by atoms with Gasteiger partial charge in [-0.3, -0.25) is 0 Å². The van der Waals surface area contributed by atoms with Crippen molar-refractivity contribution in [1.29, 1.82) is 0 Å². The molecule has 0 fully saturated rings. The summed E-state index contributed by atoms with van der Waals surface area (Å²) in [6.45, 7) is 4.43. The molecule has 3 aromatic rings. The Morgan fingerprint density at radius 2 is 1.52 bits per heavy atom. The zero-order valence-electron chi connectivity index (χ0n) is 12.2. The fourth-order valence-electron chi connectivity index (χ4n) is 2.22. The van der Waals surface area contributed by atoms with E-state index in [4.69, 9.17) is 4.98 Å². The summed E-state index contributed by atoms with van der Waals surface area (Å²) in [6.07, 6.45) is 0. The highest BCUT2D eigenvalue weighted by molar-refractivity contribution is 7.16. The van der Waals surface area contributed by atoms with E-state index >= 15 is 0 Å². The number of rotatable bonds is 4. The monoisotopic (exact) mass is 294 g/mol. The third kappa shape index (κ3) is 3.14. The van der Waals surface area contributed by atoms with E-state index in [9.17, 15) is 0 Å². The molecule has 3 heteroatoms. The number of anilines is 2. The molecule has 1 aromatic heterocycles. The predicted molar refractivity (Wildman–Crippen MR) is 91.4 cm³/mol. The van der Waals surface area contributed by atoms with Crippen LogP contribution in [0.1, 0.15) is 24.6 Å². The molecule has 0 saturated heterocycles. The van der Waals surface area contributed by atoms with E-state index in [-0.39, 0.29) is 0 Å². The van der Waals surface area contributed by atoms with E-state index in [1.807, 2.05) is 24.3 Å². The van der Waals surface area contributed by atoms with E-state index in [0.717, 1.165) is 16.5 Å². The van der Waals surface area contributed by atoms with Crippen molar-refractivity contribution >= 4 is 22.2 Å². The Morgan fingerprint density at radius 3 is 2.14 bits per heavy atom. The molecule has 3 rings (SSSR count). The van der Waals surface area contributed by atoms with Crippen LogP contribution in [-0.4, -0.2) is 4.98 Å². The van der Waals surface area contributed by atoms with E-state index < -0.39 is 0 Å². The van der Waals surface area contributed by atoms with Crippen LogP contribution in [0.4, 0.5) is 10.8 Å². The van der Waals surface area contributed by atoms with Gasteiger partial charge in [0.25, 0.3) is 0 Å². The summed E-state index contributed by atoms with van der Waals surface area (Å²) in [5.74, 6) is 0.462. The van der Waals surface area contributed by atoms with Crippen LogP contribution in [0.5, 0.6) is 0 Å². The largest absolute Gasteiger partial charge is 0.332 e. The third-order valence-corrected chi connectivity index (χ3v) is 4.52. The molecule has 0 aliphatic carbocycles. The first-order valence-corrected chi connectivity index (χ1v) is 7.94. The van der Waals surface area contributed by atoms with Crippen LogP contribution in [0.2, 0.25) is 0 Å². The number of aromatic nitrogens is 1. The lowest BCUT2D eigenvalue weighted by Crippen LogP contribution is -1.89. The molecule has 106 valence electrons. The molecule has 0 saturated carbocycles. The van der Waals surface area contributed by atoms with Gasteiger partial charge in [-0.05, 0) is 18.1 Å². The Morgan fingerprint density at radius 1 is 0.905 bits per heavy atom. The lowest BCUT2D eigenvalue weighted by molar-refractivity contribution is 0.888. The molecule has 2 nitrogen and oxygen atoms in total. The van der Waals surface area contributed by atoms with Crippen molar-refractivity contribution in [3.05, 3.63) is 65.5 Å². The fourth-order valence-corrected chi connectivity index (χ4v) is 3.23. The van der Waals surface area contributed by atoms with Gasteiger partial charge >= 0.3 is 0 Å². The minimum atomic E-state index is 0.462. The van der Waals surface area contributed by atoms with Gasteiger partial charge in [0, 0.05) is 16.1 Å². The van der Waals surface area contributed by atoms with Crippen LogP contribution >= 0.6 is 11.3 Å². The molecule has 21 heavy (non-hydrogen) atoms. The maximum atomic E-state index is 4.80. The first-order chi connectivity index (χ1) is 10.2. The zero-order valence-corrected chi connectivity index (χ0v) is 13.0. The second-order valence-electron chi connectivity index (χ2n) is 5.24. The third-order valence-electron chi connectivity index (χ3n) is 3.25. The first kappa shape index (κ1) is 13.8. The summed E-state index contributed by atoms with van der Waals surface area (Å²) >= 11 is 1.74. The average molecular weight is 294 g/mol. The van der Waals surface area contributed by atoms with Crippen molar-refractivity contribution in [2.24, 2.45) is 0 Å². The van der Waals surface area contributed by atoms with Gasteiger partial charge in [0.1, 0.15) is 0 Å². The van der Waals surface area contributed by atoms with Gasteiger partial charge < -0.3 is 5.32 Å². The van der Waals surface area contributed by atoms with Gasteiger partial charge in [-0.15, -0.1) is 11.3 Å². The second kappa shape index (κ2) is 6.10. The zero-order chi connectivity index (χ0) is 14.7. The molecule has 0 amide bonds. The number of hydrogen-bond acceptors (Lipinski definition) is 3. The Balaban J connectivity index is 1.97. The van der Waals surface area contributed by atoms with E-state index in [0.29, 0.717) is 5.92 Å². The Labute approximate surface area is 129 Å². The van der Waals surface area contributed by atoms with Crippen LogP contribution < -0.4 is 5.32 Å². The molecular formula is C18H18N2S. The van der Waals surface area contributed by atoms with Crippen molar-refractivity contribution in [1.82, 2.24) is 4.98 Å². The van der Waals surface area contributed by atoms with Crippen LogP contribution in [0, 0.1) is 0 Å². The molecule has 0 spiro atoms. The van der Waals surface area contributed by atoms with E-state index in [1.54, 1.807) is 11.3 Å². The highest BCUT2D eigenvalue weighted by atomic mass is 32.1. The molecule has 0 aliphatic heterocycles. The minimum Gasteiger partial charge on any atom is -0.332 e. The molecule has 2 aromatic carbocycles. The molecule has 0 atom stereocenters. The maximum absolute atomic E-state index is 4.80. The summed E-state index contributed by atoms with van der Waals surface area (Å²) in [5.41, 5.74) is 3.34. The number of hydrogen-bond donors (Lipinski definition) is 1. The first-order valence-electron chi connectivity index (χ1n) is 7.12. The number of nitrogens with one attached hydrogen (secondary N) is 1. The highest BCUT2D eigenvalue weighted by Crippen LogP contribution is 2.37. The van der Waals surface area contributed by atoms with Crippen molar-refractivity contribution in [3.8, 4) is 11.3 Å². The van der Waals surface area contributed by atoms with Crippen molar-refractivity contribution in [2.45, 2.75) is 19.8 Å². The Kier molecular flexibility index (Phi) is 4.02. The lowest BCUT2D eigenvalue weighted by atomic mass is 10.1. The molecule has 0 unspecified atom stereocenters. The maximum Gasteiger partial charge on any atom is 0.187 e. The lowest BCUT2D eigenvalue weighted by Gasteiger charge is -2.04. The highest BCUT2D eigenvalue weighted by Gasteiger charge is 2.15. The van der Waals surface area contributed by atoms with Crippen LogP contribution in [-0.2, 0) is 0 Å². The van der Waals surface area contributed by atoms with Gasteiger partial charge in [0.2, 0.25) is 0 Å². The predicted octanol–water partition coefficient (Wildman–Crippen LogP) is 5.68. The Bertz CT molecular complexity index is 703. The van der Waals surface area contributed by atoms with E-state index in [1.165, 1.54) is 10.4 Å².